The van der Waals surface area contributed by atoms with E-state index in [0.717, 1.165) is 4.88 Å². The molecular weight excluding hydrogens is 436 g/mol. The smallest absolute Gasteiger partial charge is 0.338 e. The number of rotatable bonds is 4. The van der Waals surface area contributed by atoms with Crippen molar-refractivity contribution in [3.05, 3.63) is 83.2 Å². The Hall–Kier alpha value is -3.30. The number of esters is 2. The molecule has 1 aliphatic heterocycles. The van der Waals surface area contributed by atoms with Gasteiger partial charge in [0.05, 0.1) is 29.0 Å². The maximum Gasteiger partial charge on any atom is 0.338 e. The van der Waals surface area contributed by atoms with E-state index in [2.05, 4.69) is 4.99 Å². The second-order valence-electron chi connectivity index (χ2n) is 6.75. The third-order valence-electron chi connectivity index (χ3n) is 4.70. The number of hydrogen-bond acceptors (Lipinski definition) is 8. The van der Waals surface area contributed by atoms with Crippen LogP contribution in [0.2, 0.25) is 0 Å². The zero-order valence-electron chi connectivity index (χ0n) is 16.9. The number of allylic oxidation sites excluding steroid dienone is 1. The third-order valence-corrected chi connectivity index (χ3v) is 6.50. The largest absolute Gasteiger partial charge is 0.466 e. The molecule has 0 unspecified atom stereocenters. The van der Waals surface area contributed by atoms with Crippen LogP contribution in [0.3, 0.4) is 0 Å². The lowest BCUT2D eigenvalue weighted by atomic mass is 9.96. The number of ether oxygens (including phenoxy) is 2. The molecule has 31 heavy (non-hydrogen) atoms. The second-order valence-corrected chi connectivity index (χ2v) is 8.74. The molecule has 0 N–H and O–H groups in total. The summed E-state index contributed by atoms with van der Waals surface area (Å²) in [5.74, 6) is -0.607. The molecule has 0 amide bonds. The van der Waals surface area contributed by atoms with Gasteiger partial charge in [0.15, 0.2) is 4.80 Å². The first-order valence-corrected chi connectivity index (χ1v) is 11.0. The molecule has 0 spiro atoms. The molecule has 0 fully saturated rings. The lowest BCUT2D eigenvalue weighted by Crippen LogP contribution is -2.39. The number of thiazole rings is 1. The molecule has 0 saturated carbocycles. The Kier molecular flexibility index (Phi) is 5.71. The molecule has 3 heterocycles. The summed E-state index contributed by atoms with van der Waals surface area (Å²) >= 11 is 2.81. The zero-order chi connectivity index (χ0) is 22.1. The van der Waals surface area contributed by atoms with Gasteiger partial charge < -0.3 is 9.47 Å². The molecule has 1 atom stereocenters. The number of benzene rings is 1. The second kappa shape index (κ2) is 8.44. The summed E-state index contributed by atoms with van der Waals surface area (Å²) in [5.41, 5.74) is 1.22. The predicted molar refractivity (Wildman–Crippen MR) is 118 cm³/mol. The van der Waals surface area contributed by atoms with Crippen molar-refractivity contribution in [1.29, 1.82) is 0 Å². The van der Waals surface area contributed by atoms with E-state index < -0.39 is 18.0 Å². The van der Waals surface area contributed by atoms with Crippen molar-refractivity contribution in [2.24, 2.45) is 4.99 Å². The minimum Gasteiger partial charge on any atom is -0.466 e. The Bertz CT molecular complexity index is 1360. The highest BCUT2D eigenvalue weighted by Gasteiger charge is 2.33. The van der Waals surface area contributed by atoms with Crippen molar-refractivity contribution in [3.63, 3.8) is 0 Å². The number of hydrogen-bond donors (Lipinski definition) is 0. The van der Waals surface area contributed by atoms with Crippen LogP contribution in [0, 0.1) is 0 Å². The summed E-state index contributed by atoms with van der Waals surface area (Å²) in [6.07, 6.45) is 1.83. The predicted octanol–water partition coefficient (Wildman–Crippen LogP) is 2.40. The Labute approximate surface area is 185 Å². The van der Waals surface area contributed by atoms with Crippen molar-refractivity contribution in [1.82, 2.24) is 4.57 Å². The highest BCUT2D eigenvalue weighted by molar-refractivity contribution is 7.11. The van der Waals surface area contributed by atoms with Gasteiger partial charge in [-0.15, -0.1) is 11.3 Å². The number of fused-ring (bicyclic) bond motifs is 1. The molecule has 158 valence electrons. The van der Waals surface area contributed by atoms with Gasteiger partial charge in [0.25, 0.3) is 5.56 Å². The van der Waals surface area contributed by atoms with E-state index in [1.807, 2.05) is 23.6 Å². The fourth-order valence-corrected chi connectivity index (χ4v) is 5.16. The van der Waals surface area contributed by atoms with Gasteiger partial charge in [-0.05, 0) is 42.1 Å². The summed E-state index contributed by atoms with van der Waals surface area (Å²) in [5, 5.41) is 1.94. The fourth-order valence-electron chi connectivity index (χ4n) is 3.39. The van der Waals surface area contributed by atoms with E-state index in [4.69, 9.17) is 9.47 Å². The summed E-state index contributed by atoms with van der Waals surface area (Å²) in [4.78, 5) is 43.2. The average Bonchev–Trinajstić information content (AvgIpc) is 3.35. The molecular formula is C22H18N2O5S2. The molecule has 2 aromatic heterocycles. The average molecular weight is 455 g/mol. The standard InChI is InChI=1S/C22H18N2O5S2/c1-12-18(21(27)28-3)19(14-6-8-15(9-7-14)29-13(2)25)24-20(26)17(31-22(24)23-12)11-16-5-4-10-30-16/h4-11,19H,1-3H3/b17-11+/t19-/m0/s1. The van der Waals surface area contributed by atoms with E-state index in [-0.39, 0.29) is 11.1 Å². The summed E-state index contributed by atoms with van der Waals surface area (Å²) in [6, 6.07) is 9.84. The van der Waals surface area contributed by atoms with Gasteiger partial charge in [-0.3, -0.25) is 14.2 Å². The quantitative estimate of drug-likeness (QED) is 0.446. The van der Waals surface area contributed by atoms with Gasteiger partial charge in [-0.1, -0.05) is 29.5 Å². The summed E-state index contributed by atoms with van der Waals surface area (Å²) in [6.45, 7) is 3.05. The van der Waals surface area contributed by atoms with Gasteiger partial charge in [-0.25, -0.2) is 9.79 Å². The van der Waals surface area contributed by atoms with Gasteiger partial charge in [0, 0.05) is 11.8 Å². The highest BCUT2D eigenvalue weighted by Crippen LogP contribution is 2.31. The SMILES string of the molecule is COC(=O)C1=C(C)N=c2s/c(=C/c3cccs3)c(=O)n2[C@H]1c1ccc(OC(C)=O)cc1. The van der Waals surface area contributed by atoms with Crippen molar-refractivity contribution < 1.29 is 19.1 Å². The van der Waals surface area contributed by atoms with E-state index in [9.17, 15) is 14.4 Å². The lowest BCUT2D eigenvalue weighted by Gasteiger charge is -2.24. The monoisotopic (exact) mass is 454 g/mol. The maximum absolute atomic E-state index is 13.3. The Morgan fingerprint density at radius 2 is 1.94 bits per heavy atom. The fraction of sp³-hybridized carbons (Fsp3) is 0.182. The van der Waals surface area contributed by atoms with Crippen LogP contribution in [-0.2, 0) is 14.3 Å². The molecule has 1 aromatic carbocycles. The minimum absolute atomic E-state index is 0.236. The van der Waals surface area contributed by atoms with Gasteiger partial charge in [0.2, 0.25) is 0 Å². The van der Waals surface area contributed by atoms with E-state index >= 15 is 0 Å². The zero-order valence-corrected chi connectivity index (χ0v) is 18.6. The molecule has 1 aliphatic rings. The molecule has 0 radical (unpaired) electrons. The topological polar surface area (TPSA) is 87.0 Å². The van der Waals surface area contributed by atoms with E-state index in [0.29, 0.717) is 26.3 Å². The third kappa shape index (κ3) is 4.01. The first-order valence-electron chi connectivity index (χ1n) is 9.32. The van der Waals surface area contributed by atoms with Crippen molar-refractivity contribution >= 4 is 40.7 Å². The molecule has 0 saturated heterocycles. The van der Waals surface area contributed by atoms with Crippen LogP contribution in [0.4, 0.5) is 0 Å². The van der Waals surface area contributed by atoms with Crippen molar-refractivity contribution in [3.8, 4) is 5.75 Å². The molecule has 7 nitrogen and oxygen atoms in total. The Balaban J connectivity index is 1.91. The number of thiophene rings is 1. The Morgan fingerprint density at radius 3 is 2.55 bits per heavy atom. The van der Waals surface area contributed by atoms with Crippen molar-refractivity contribution in [2.45, 2.75) is 19.9 Å². The van der Waals surface area contributed by atoms with Gasteiger partial charge in [0.1, 0.15) is 5.75 Å². The Morgan fingerprint density at radius 1 is 1.19 bits per heavy atom. The normalized spacial score (nSPS) is 16.0. The minimum atomic E-state index is -0.708. The molecule has 0 bridgehead atoms. The maximum atomic E-state index is 13.3. The van der Waals surface area contributed by atoms with Crippen LogP contribution >= 0.6 is 22.7 Å². The highest BCUT2D eigenvalue weighted by atomic mass is 32.1. The van der Waals surface area contributed by atoms with Crippen molar-refractivity contribution in [2.75, 3.05) is 7.11 Å². The number of carbonyl (C=O) groups excluding carboxylic acids is 2. The van der Waals surface area contributed by atoms with Gasteiger partial charge >= 0.3 is 11.9 Å². The van der Waals surface area contributed by atoms with Crippen LogP contribution in [0.5, 0.6) is 5.75 Å². The van der Waals surface area contributed by atoms with E-state index in [1.165, 1.54) is 41.3 Å². The molecule has 3 aromatic rings. The van der Waals surface area contributed by atoms with Crippen LogP contribution in [0.1, 0.15) is 30.3 Å². The summed E-state index contributed by atoms with van der Waals surface area (Å²) < 4.78 is 12.1. The summed E-state index contributed by atoms with van der Waals surface area (Å²) in [7, 11) is 1.30. The van der Waals surface area contributed by atoms with Crippen LogP contribution < -0.4 is 19.6 Å². The molecule has 0 aliphatic carbocycles. The van der Waals surface area contributed by atoms with Crippen LogP contribution in [-0.4, -0.2) is 23.6 Å². The number of nitrogens with zero attached hydrogens (tertiary/aromatic N) is 2. The molecule has 9 heteroatoms. The van der Waals surface area contributed by atoms with E-state index in [1.54, 1.807) is 31.2 Å². The number of methoxy groups -OCH3 is 1. The lowest BCUT2D eigenvalue weighted by molar-refractivity contribution is -0.136. The first kappa shape index (κ1) is 21.0. The number of aromatic nitrogens is 1. The van der Waals surface area contributed by atoms with Crippen LogP contribution in [0.15, 0.2) is 62.8 Å². The number of carbonyl (C=O) groups is 2. The molecule has 4 rings (SSSR count). The first-order chi connectivity index (χ1) is 14.9. The van der Waals surface area contributed by atoms with Crippen LogP contribution in [0.25, 0.3) is 6.08 Å². The van der Waals surface area contributed by atoms with Gasteiger partial charge in [-0.2, -0.15) is 0 Å².